The number of carbonyl (C=O) groups is 2. The van der Waals surface area contributed by atoms with E-state index < -0.39 is 37.4 Å². The number of hydrogen-bond donors (Lipinski definition) is 4. The fourth-order valence-electron chi connectivity index (χ4n) is 8.37. The molecule has 77 heavy (non-hydrogen) atoms. The Morgan fingerprint density at radius 1 is 0.649 bits per heavy atom. The van der Waals surface area contributed by atoms with Gasteiger partial charge in [0.05, 0.1) is 43.5 Å². The molecule has 15 nitrogen and oxygen atoms in total. The molecule has 6 aromatic heterocycles. The van der Waals surface area contributed by atoms with Gasteiger partial charge in [0, 0.05) is 136 Å². The van der Waals surface area contributed by atoms with Gasteiger partial charge in [0.1, 0.15) is 11.6 Å². The van der Waals surface area contributed by atoms with Crippen LogP contribution in [-0.4, -0.2) is 78.2 Å². The number of carbonyl (C=O) groups excluding carboxylic acids is 2. The van der Waals surface area contributed by atoms with E-state index in [2.05, 4.69) is 35.2 Å². The fourth-order valence-corrected chi connectivity index (χ4v) is 10.6. The van der Waals surface area contributed by atoms with E-state index >= 15 is 0 Å². The zero-order valence-electron chi connectivity index (χ0n) is 41.4. The first-order valence-corrected chi connectivity index (χ1v) is 27.7. The summed E-state index contributed by atoms with van der Waals surface area (Å²) in [5.74, 6) is -1.58. The maximum absolute atomic E-state index is 14.5. The summed E-state index contributed by atoms with van der Waals surface area (Å²) >= 11 is 12.0. The van der Waals surface area contributed by atoms with Crippen LogP contribution in [0.5, 0.6) is 0 Å². The number of benzene rings is 4. The number of hydrogen-bond acceptors (Lipinski definition) is 12. The van der Waals surface area contributed by atoms with Gasteiger partial charge in [-0.15, -0.1) is 0 Å². The standard InChI is InChI=1S/C27H22ClFN4O3S.C19H18N2O4S.C9H8ClFN2.CH4/c1-15-5-18-6-16(8-25(37(2,35)36)26(18)32-12-15)7-20-9-17(3-4-30-20)27(34)33-13-19-10-21-22(28)14-31-24(21)11-23(19)29;1-12-6-15-7-13(9-17(26(3,23)24)18(15)21-11-12)8-16-10-14(4-5-20-16)19(22)25-2;10-7-4-13-9-2-8(11)5(3-12)1-6(7)9;/h3-6,8-12,14,31H,7,13H2,1-2H3,(H,33,34);4-7,9-11H,8H2,1-3H3;1-2,4,13H,3,12H2;1H4. The quantitative estimate of drug-likeness (QED) is 0.0886. The van der Waals surface area contributed by atoms with E-state index in [1.165, 1.54) is 37.9 Å². The molecule has 0 bridgehead atoms. The van der Waals surface area contributed by atoms with Crippen molar-refractivity contribution in [3.05, 3.63) is 200 Å². The van der Waals surface area contributed by atoms with Crippen LogP contribution < -0.4 is 11.1 Å². The van der Waals surface area contributed by atoms with Gasteiger partial charge in [-0.2, -0.15) is 0 Å². The molecule has 0 aliphatic carbocycles. The number of nitrogens with zero attached hydrogens (tertiary/aromatic N) is 4. The molecule has 5 N–H and O–H groups in total. The Balaban J connectivity index is 0.000000186. The number of pyridine rings is 4. The number of H-pyrrole nitrogens is 2. The number of ether oxygens (including phenoxy) is 1. The van der Waals surface area contributed by atoms with Crippen molar-refractivity contribution in [1.29, 1.82) is 0 Å². The van der Waals surface area contributed by atoms with Gasteiger partial charge >= 0.3 is 5.97 Å². The second-order valence-corrected chi connectivity index (χ2v) is 22.7. The highest BCUT2D eigenvalue weighted by Gasteiger charge is 2.19. The van der Waals surface area contributed by atoms with Crippen molar-refractivity contribution in [2.75, 3.05) is 19.6 Å². The monoisotopic (exact) mass is 1120 g/mol. The molecule has 0 radical (unpaired) electrons. The Labute approximate surface area is 453 Å². The minimum absolute atomic E-state index is 0. The summed E-state index contributed by atoms with van der Waals surface area (Å²) in [6.45, 7) is 3.96. The number of sulfone groups is 2. The number of amides is 1. The van der Waals surface area contributed by atoms with E-state index in [1.54, 1.807) is 73.3 Å². The molecular weight excluding hydrogens is 1070 g/mol. The number of aromatic amines is 2. The van der Waals surface area contributed by atoms with E-state index in [-0.39, 0.29) is 36.1 Å². The summed E-state index contributed by atoms with van der Waals surface area (Å²) in [4.78, 5) is 47.8. The van der Waals surface area contributed by atoms with Crippen molar-refractivity contribution in [2.45, 2.75) is 57.0 Å². The van der Waals surface area contributed by atoms with Gasteiger partial charge in [0.2, 0.25) is 0 Å². The summed E-state index contributed by atoms with van der Waals surface area (Å²) in [6, 6.07) is 23.2. The van der Waals surface area contributed by atoms with Crippen LogP contribution in [0.15, 0.2) is 132 Å². The van der Waals surface area contributed by atoms with Gasteiger partial charge in [-0.25, -0.2) is 30.4 Å². The molecule has 0 unspecified atom stereocenters. The third kappa shape index (κ3) is 13.5. The van der Waals surface area contributed by atoms with Gasteiger partial charge in [0.15, 0.2) is 19.7 Å². The maximum atomic E-state index is 14.5. The van der Waals surface area contributed by atoms with E-state index in [0.717, 1.165) is 39.3 Å². The topological polar surface area (TPSA) is 233 Å². The molecule has 398 valence electrons. The second kappa shape index (κ2) is 23.7. The number of nitrogens with two attached hydrogens (primary N) is 1. The highest BCUT2D eigenvalue weighted by Crippen LogP contribution is 2.30. The highest BCUT2D eigenvalue weighted by molar-refractivity contribution is 7.91. The molecule has 0 saturated heterocycles. The van der Waals surface area contributed by atoms with Crippen LogP contribution in [0.4, 0.5) is 8.78 Å². The minimum atomic E-state index is -3.52. The predicted octanol–water partition coefficient (Wildman–Crippen LogP) is 10.9. The predicted molar refractivity (Wildman–Crippen MR) is 297 cm³/mol. The molecular formula is C56H52Cl2F2N8O7S2. The van der Waals surface area contributed by atoms with Gasteiger partial charge in [-0.05, 0) is 121 Å². The molecule has 6 heterocycles. The van der Waals surface area contributed by atoms with Crippen LogP contribution in [0.1, 0.15) is 72.9 Å². The zero-order valence-corrected chi connectivity index (χ0v) is 44.6. The number of aryl methyl sites for hydroxylation is 2. The molecule has 0 saturated carbocycles. The van der Waals surface area contributed by atoms with Crippen LogP contribution in [0.3, 0.4) is 0 Å². The fraction of sp³-hybridized carbons (Fsp3) is 0.179. The number of halogens is 4. The van der Waals surface area contributed by atoms with Crippen molar-refractivity contribution in [3.8, 4) is 0 Å². The van der Waals surface area contributed by atoms with Gasteiger partial charge < -0.3 is 25.8 Å². The molecule has 21 heteroatoms. The third-order valence-electron chi connectivity index (χ3n) is 12.0. The van der Waals surface area contributed by atoms with Crippen LogP contribution in [-0.2, 0) is 50.3 Å². The minimum Gasteiger partial charge on any atom is -0.465 e. The molecule has 10 aromatic rings. The molecule has 10 rings (SSSR count). The van der Waals surface area contributed by atoms with Crippen LogP contribution in [0.2, 0.25) is 10.0 Å². The number of methoxy groups -OCH3 is 1. The molecule has 0 aliphatic rings. The number of rotatable bonds is 11. The normalized spacial score (nSPS) is 11.4. The average molecular weight is 1120 g/mol. The molecule has 1 amide bonds. The van der Waals surface area contributed by atoms with Crippen molar-refractivity contribution >= 4 is 98.4 Å². The van der Waals surface area contributed by atoms with Crippen molar-refractivity contribution < 1.29 is 39.9 Å². The van der Waals surface area contributed by atoms with Crippen molar-refractivity contribution in [3.63, 3.8) is 0 Å². The van der Waals surface area contributed by atoms with E-state index in [4.69, 9.17) is 33.7 Å². The first-order valence-electron chi connectivity index (χ1n) is 23.1. The van der Waals surface area contributed by atoms with E-state index in [9.17, 15) is 35.2 Å². The van der Waals surface area contributed by atoms with Crippen molar-refractivity contribution in [2.24, 2.45) is 5.73 Å². The van der Waals surface area contributed by atoms with E-state index in [0.29, 0.717) is 89.4 Å². The molecule has 0 atom stereocenters. The van der Waals surface area contributed by atoms with Gasteiger partial charge in [0.25, 0.3) is 5.91 Å². The van der Waals surface area contributed by atoms with Gasteiger partial charge in [-0.3, -0.25) is 24.7 Å². The Kier molecular flexibility index (Phi) is 17.5. The number of fused-ring (bicyclic) bond motifs is 4. The first-order chi connectivity index (χ1) is 36.1. The largest absolute Gasteiger partial charge is 0.465 e. The lowest BCUT2D eigenvalue weighted by atomic mass is 10.0. The summed E-state index contributed by atoms with van der Waals surface area (Å²) in [7, 11) is -5.64. The SMILES string of the molecule is C.COC(=O)c1ccnc(Cc2cc(S(C)(=O)=O)c3ncc(C)cc3c2)c1.Cc1cnc2c(S(C)(=O)=O)cc(Cc3cc(C(=O)NCc4cc5c(Cl)c[nH]c5cc4F)ccn3)cc2c1.NCc1cc2c(Cl)c[nH]c2cc1F. The van der Waals surface area contributed by atoms with E-state index in [1.807, 2.05) is 38.1 Å². The molecule has 0 spiro atoms. The Bertz CT molecular complexity index is 4140. The number of nitrogens with one attached hydrogen (secondary N) is 3. The molecule has 0 fully saturated rings. The smallest absolute Gasteiger partial charge is 0.337 e. The number of aromatic nitrogens is 6. The Morgan fingerprint density at radius 3 is 1.57 bits per heavy atom. The summed E-state index contributed by atoms with van der Waals surface area (Å²) in [5.41, 5.74) is 13.7. The lowest BCUT2D eigenvalue weighted by Crippen LogP contribution is -2.23. The maximum Gasteiger partial charge on any atom is 0.337 e. The average Bonchev–Trinajstić information content (AvgIpc) is 3.94. The summed E-state index contributed by atoms with van der Waals surface area (Å²) in [6.07, 6.45) is 12.6. The molecule has 4 aromatic carbocycles. The lowest BCUT2D eigenvalue weighted by Gasteiger charge is -2.10. The summed E-state index contributed by atoms with van der Waals surface area (Å²) in [5, 5.41) is 6.75. The molecule has 0 aliphatic heterocycles. The van der Waals surface area contributed by atoms with Crippen LogP contribution in [0.25, 0.3) is 43.6 Å². The third-order valence-corrected chi connectivity index (χ3v) is 14.9. The first kappa shape index (κ1) is 57.0. The zero-order chi connectivity index (χ0) is 54.6. The Morgan fingerprint density at radius 2 is 1.10 bits per heavy atom. The van der Waals surface area contributed by atoms with Crippen LogP contribution >= 0.6 is 23.2 Å². The Hall–Kier alpha value is -7.68. The highest BCUT2D eigenvalue weighted by atomic mass is 35.5. The van der Waals surface area contributed by atoms with Crippen molar-refractivity contribution in [1.82, 2.24) is 35.2 Å². The lowest BCUT2D eigenvalue weighted by molar-refractivity contribution is 0.0600. The second-order valence-electron chi connectivity index (χ2n) is 18.0. The summed E-state index contributed by atoms with van der Waals surface area (Å²) < 4.78 is 81.6. The van der Waals surface area contributed by atoms with Crippen LogP contribution in [0, 0.1) is 25.5 Å². The number of esters is 1. The van der Waals surface area contributed by atoms with Gasteiger partial charge in [-0.1, -0.05) is 30.6 Å².